The minimum absolute atomic E-state index is 0.0626. The van der Waals surface area contributed by atoms with E-state index in [1.54, 1.807) is 0 Å². The summed E-state index contributed by atoms with van der Waals surface area (Å²) in [7, 11) is 0. The minimum Gasteiger partial charge on any atom is -0.298 e. The van der Waals surface area contributed by atoms with Gasteiger partial charge in [0.1, 0.15) is 0 Å². The molecular weight excluding hydrogens is 315 g/mol. The van der Waals surface area contributed by atoms with E-state index in [2.05, 4.69) is 10.9 Å². The summed E-state index contributed by atoms with van der Waals surface area (Å²) in [5.41, 5.74) is 2.95. The summed E-state index contributed by atoms with van der Waals surface area (Å²) >= 11 is 0. The van der Waals surface area contributed by atoms with Crippen LogP contribution in [0.2, 0.25) is 0 Å². The van der Waals surface area contributed by atoms with E-state index in [-0.39, 0.29) is 16.9 Å². The van der Waals surface area contributed by atoms with E-state index in [1.807, 2.05) is 0 Å². The predicted molar refractivity (Wildman–Crippen MR) is 75.6 cm³/mol. The molecule has 0 aromatic heterocycles. The van der Waals surface area contributed by atoms with Crippen molar-refractivity contribution in [1.82, 2.24) is 5.43 Å². The van der Waals surface area contributed by atoms with Crippen molar-refractivity contribution in [3.05, 3.63) is 69.8 Å². The SMILES string of the molecule is O=C(NNc1ccccc1C(F)(F)F)c1ccc([N+](=O)[O-])cc1. The molecule has 0 bridgehead atoms. The van der Waals surface area contributed by atoms with E-state index in [9.17, 15) is 28.1 Å². The number of nitro groups is 1. The summed E-state index contributed by atoms with van der Waals surface area (Å²) < 4.78 is 38.4. The van der Waals surface area contributed by atoms with Crippen molar-refractivity contribution in [3.8, 4) is 0 Å². The van der Waals surface area contributed by atoms with E-state index in [0.717, 1.165) is 18.2 Å². The quantitative estimate of drug-likeness (QED) is 0.667. The number of amides is 1. The standard InChI is InChI=1S/C14H10F3N3O3/c15-14(16,17)11-3-1-2-4-12(11)18-19-13(21)9-5-7-10(8-6-9)20(22)23/h1-8,18H,(H,19,21). The average molecular weight is 325 g/mol. The number of nitrogens with zero attached hydrogens (tertiary/aromatic N) is 1. The number of carbonyl (C=O) groups is 1. The molecule has 0 heterocycles. The molecule has 0 aliphatic rings. The fourth-order valence-corrected chi connectivity index (χ4v) is 1.77. The number of benzene rings is 2. The molecular formula is C14H10F3N3O3. The Morgan fingerprint density at radius 3 is 2.22 bits per heavy atom. The van der Waals surface area contributed by atoms with Gasteiger partial charge in [0.05, 0.1) is 16.2 Å². The van der Waals surface area contributed by atoms with Crippen molar-refractivity contribution in [2.24, 2.45) is 0 Å². The Labute approximate surface area is 128 Å². The predicted octanol–water partition coefficient (Wildman–Crippen LogP) is 3.37. The third-order valence-corrected chi connectivity index (χ3v) is 2.88. The fourth-order valence-electron chi connectivity index (χ4n) is 1.77. The summed E-state index contributed by atoms with van der Waals surface area (Å²) in [6, 6.07) is 9.30. The van der Waals surface area contributed by atoms with Crippen molar-refractivity contribution in [3.63, 3.8) is 0 Å². The second-order valence-corrected chi connectivity index (χ2v) is 4.43. The minimum atomic E-state index is -4.57. The summed E-state index contributed by atoms with van der Waals surface area (Å²) in [6.07, 6.45) is -4.57. The summed E-state index contributed by atoms with van der Waals surface area (Å²) in [5, 5.41) is 10.5. The molecule has 23 heavy (non-hydrogen) atoms. The second-order valence-electron chi connectivity index (χ2n) is 4.43. The largest absolute Gasteiger partial charge is 0.418 e. The number of hydrogen-bond donors (Lipinski definition) is 2. The molecule has 0 unspecified atom stereocenters. The molecule has 0 radical (unpaired) electrons. The van der Waals surface area contributed by atoms with Crippen LogP contribution in [0.25, 0.3) is 0 Å². The number of nitrogens with one attached hydrogen (secondary N) is 2. The number of alkyl halides is 3. The molecule has 0 spiro atoms. The van der Waals surface area contributed by atoms with Gasteiger partial charge in [-0.1, -0.05) is 12.1 Å². The Balaban J connectivity index is 2.09. The number of halogens is 3. The molecule has 0 fully saturated rings. The van der Waals surface area contributed by atoms with Crippen LogP contribution >= 0.6 is 0 Å². The van der Waals surface area contributed by atoms with E-state index < -0.39 is 22.6 Å². The first-order valence-corrected chi connectivity index (χ1v) is 6.26. The van der Waals surface area contributed by atoms with Crippen LogP contribution in [0.4, 0.5) is 24.5 Å². The normalized spacial score (nSPS) is 10.9. The Bertz CT molecular complexity index is 730. The lowest BCUT2D eigenvalue weighted by Crippen LogP contribution is -2.30. The highest BCUT2D eigenvalue weighted by atomic mass is 19.4. The maximum atomic E-state index is 12.8. The van der Waals surface area contributed by atoms with Crippen molar-refractivity contribution in [2.75, 3.05) is 5.43 Å². The maximum absolute atomic E-state index is 12.8. The molecule has 2 rings (SSSR count). The van der Waals surface area contributed by atoms with Gasteiger partial charge in [-0.05, 0) is 24.3 Å². The van der Waals surface area contributed by atoms with Gasteiger partial charge in [-0.25, -0.2) is 0 Å². The first-order valence-electron chi connectivity index (χ1n) is 6.26. The van der Waals surface area contributed by atoms with Crippen LogP contribution < -0.4 is 10.9 Å². The van der Waals surface area contributed by atoms with Crippen LogP contribution in [0.15, 0.2) is 48.5 Å². The van der Waals surface area contributed by atoms with Gasteiger partial charge in [0.15, 0.2) is 0 Å². The van der Waals surface area contributed by atoms with Crippen molar-refractivity contribution < 1.29 is 22.9 Å². The third kappa shape index (κ3) is 3.96. The van der Waals surface area contributed by atoms with E-state index in [1.165, 1.54) is 30.3 Å². The zero-order chi connectivity index (χ0) is 17.0. The van der Waals surface area contributed by atoms with Crippen LogP contribution in [0.1, 0.15) is 15.9 Å². The van der Waals surface area contributed by atoms with Crippen LogP contribution in [-0.2, 0) is 6.18 Å². The Hall–Kier alpha value is -3.10. The Kier molecular flexibility index (Phi) is 4.49. The van der Waals surface area contributed by atoms with Crippen molar-refractivity contribution in [1.29, 1.82) is 0 Å². The molecule has 0 saturated heterocycles. The van der Waals surface area contributed by atoms with Gasteiger partial charge in [0.25, 0.3) is 11.6 Å². The van der Waals surface area contributed by atoms with E-state index >= 15 is 0 Å². The highest BCUT2D eigenvalue weighted by Gasteiger charge is 2.33. The molecule has 120 valence electrons. The molecule has 9 heteroatoms. The molecule has 2 aromatic carbocycles. The van der Waals surface area contributed by atoms with Crippen LogP contribution in [0, 0.1) is 10.1 Å². The van der Waals surface area contributed by atoms with Gasteiger partial charge in [0.2, 0.25) is 0 Å². The maximum Gasteiger partial charge on any atom is 0.418 e. The molecule has 2 N–H and O–H groups in total. The van der Waals surface area contributed by atoms with E-state index in [4.69, 9.17) is 0 Å². The summed E-state index contributed by atoms with van der Waals surface area (Å²) in [6.45, 7) is 0. The number of hydrogen-bond acceptors (Lipinski definition) is 4. The zero-order valence-corrected chi connectivity index (χ0v) is 11.4. The van der Waals surface area contributed by atoms with Crippen molar-refractivity contribution in [2.45, 2.75) is 6.18 Å². The number of hydrazine groups is 1. The number of anilines is 1. The number of non-ortho nitro benzene ring substituents is 1. The summed E-state index contributed by atoms with van der Waals surface area (Å²) in [5.74, 6) is -0.725. The molecule has 0 aliphatic carbocycles. The lowest BCUT2D eigenvalue weighted by atomic mass is 10.2. The van der Waals surface area contributed by atoms with Gasteiger partial charge < -0.3 is 0 Å². The lowest BCUT2D eigenvalue weighted by molar-refractivity contribution is -0.384. The van der Waals surface area contributed by atoms with Gasteiger partial charge in [-0.2, -0.15) is 13.2 Å². The van der Waals surface area contributed by atoms with Gasteiger partial charge >= 0.3 is 6.18 Å². The number of carbonyl (C=O) groups excluding carboxylic acids is 1. The molecule has 0 saturated carbocycles. The molecule has 0 atom stereocenters. The Morgan fingerprint density at radius 1 is 1.04 bits per heavy atom. The topological polar surface area (TPSA) is 84.3 Å². The molecule has 0 aliphatic heterocycles. The second kappa shape index (κ2) is 6.34. The van der Waals surface area contributed by atoms with Crippen LogP contribution in [0.5, 0.6) is 0 Å². The van der Waals surface area contributed by atoms with Gasteiger partial charge in [-0.3, -0.25) is 25.8 Å². The van der Waals surface area contributed by atoms with E-state index in [0.29, 0.717) is 0 Å². The van der Waals surface area contributed by atoms with Gasteiger partial charge in [0, 0.05) is 17.7 Å². The third-order valence-electron chi connectivity index (χ3n) is 2.88. The van der Waals surface area contributed by atoms with Gasteiger partial charge in [-0.15, -0.1) is 0 Å². The zero-order valence-electron chi connectivity index (χ0n) is 11.4. The smallest absolute Gasteiger partial charge is 0.298 e. The monoisotopic (exact) mass is 325 g/mol. The van der Waals surface area contributed by atoms with Crippen LogP contribution in [0.3, 0.4) is 0 Å². The molecule has 2 aromatic rings. The van der Waals surface area contributed by atoms with Crippen molar-refractivity contribution >= 4 is 17.3 Å². The first-order chi connectivity index (χ1) is 10.8. The van der Waals surface area contributed by atoms with Crippen LogP contribution in [-0.4, -0.2) is 10.8 Å². The average Bonchev–Trinajstić information content (AvgIpc) is 2.52. The highest BCUT2D eigenvalue weighted by Crippen LogP contribution is 2.34. The number of nitro benzene ring substituents is 1. The first kappa shape index (κ1) is 16.3. The highest BCUT2D eigenvalue weighted by molar-refractivity contribution is 5.95. The Morgan fingerprint density at radius 2 is 1.65 bits per heavy atom. The molecule has 1 amide bonds. The number of rotatable bonds is 4. The molecule has 6 nitrogen and oxygen atoms in total. The lowest BCUT2D eigenvalue weighted by Gasteiger charge is -2.14. The summed E-state index contributed by atoms with van der Waals surface area (Å²) in [4.78, 5) is 21.7. The fraction of sp³-hybridized carbons (Fsp3) is 0.0714. The number of para-hydroxylation sites is 1.